The van der Waals surface area contributed by atoms with Crippen molar-refractivity contribution in [2.24, 2.45) is 0 Å². The lowest BCUT2D eigenvalue weighted by atomic mass is 9.85. The van der Waals surface area contributed by atoms with Gasteiger partial charge in [-0.15, -0.1) is 0 Å². The van der Waals surface area contributed by atoms with Crippen molar-refractivity contribution < 1.29 is 44.8 Å². The molecule has 11 heteroatoms. The van der Waals surface area contributed by atoms with E-state index in [0.717, 1.165) is 38.5 Å². The SMILES string of the molecule is C=C(COCCCCC(F)(F)C(F)(F)S(=O)(=O)[O-])C(=O)OC1(CC)CCCCCCC1. The molecule has 182 valence electrons. The van der Waals surface area contributed by atoms with Crippen LogP contribution in [0.1, 0.15) is 77.6 Å². The number of alkyl halides is 4. The summed E-state index contributed by atoms with van der Waals surface area (Å²) >= 11 is 0. The minimum Gasteiger partial charge on any atom is -0.743 e. The van der Waals surface area contributed by atoms with E-state index < -0.39 is 45.7 Å². The maximum absolute atomic E-state index is 13.3. The summed E-state index contributed by atoms with van der Waals surface area (Å²) in [6, 6.07) is 0. The highest BCUT2D eigenvalue weighted by Crippen LogP contribution is 2.41. The number of hydrogen-bond donors (Lipinski definition) is 0. The molecular weight excluding hydrogens is 444 g/mol. The maximum atomic E-state index is 13.3. The number of ether oxygens (including phenoxy) is 2. The van der Waals surface area contributed by atoms with E-state index >= 15 is 0 Å². The minimum absolute atomic E-state index is 0.0594. The Labute approximate surface area is 181 Å². The monoisotopic (exact) mass is 475 g/mol. The smallest absolute Gasteiger partial charge is 0.396 e. The van der Waals surface area contributed by atoms with Crippen LogP contribution in [-0.2, 0) is 24.4 Å². The van der Waals surface area contributed by atoms with Crippen molar-refractivity contribution in [3.8, 4) is 0 Å². The van der Waals surface area contributed by atoms with Gasteiger partial charge in [-0.05, 0) is 44.9 Å². The minimum atomic E-state index is -6.48. The molecule has 0 radical (unpaired) electrons. The first kappa shape index (κ1) is 27.8. The second-order valence-corrected chi connectivity index (χ2v) is 9.40. The molecule has 0 aromatic rings. The zero-order valence-electron chi connectivity index (χ0n) is 17.8. The van der Waals surface area contributed by atoms with Crippen molar-refractivity contribution in [3.05, 3.63) is 12.2 Å². The molecule has 1 saturated carbocycles. The van der Waals surface area contributed by atoms with E-state index in [1.807, 2.05) is 6.92 Å². The third kappa shape index (κ3) is 8.02. The largest absolute Gasteiger partial charge is 0.743 e. The van der Waals surface area contributed by atoms with Crippen LogP contribution in [0.4, 0.5) is 17.6 Å². The Morgan fingerprint density at radius 1 is 1.06 bits per heavy atom. The molecule has 0 bridgehead atoms. The van der Waals surface area contributed by atoms with Crippen molar-refractivity contribution in [2.45, 2.75) is 94.3 Å². The molecule has 1 aliphatic rings. The highest BCUT2D eigenvalue weighted by atomic mass is 32.2. The molecule has 1 rings (SSSR count). The molecule has 0 heterocycles. The molecule has 1 fully saturated rings. The van der Waals surface area contributed by atoms with Gasteiger partial charge in [0, 0.05) is 13.0 Å². The quantitative estimate of drug-likeness (QED) is 0.131. The average Bonchev–Trinajstić information content (AvgIpc) is 2.65. The average molecular weight is 476 g/mol. The molecule has 0 spiro atoms. The third-order valence-electron chi connectivity index (χ3n) is 5.55. The summed E-state index contributed by atoms with van der Waals surface area (Å²) in [6.07, 6.45) is 5.44. The Balaban J connectivity index is 2.39. The van der Waals surface area contributed by atoms with E-state index in [0.29, 0.717) is 6.42 Å². The van der Waals surface area contributed by atoms with Crippen LogP contribution in [0.15, 0.2) is 12.2 Å². The number of rotatable bonds is 12. The number of unbranched alkanes of at least 4 members (excludes halogenated alkanes) is 1. The van der Waals surface area contributed by atoms with E-state index in [1.54, 1.807) is 0 Å². The van der Waals surface area contributed by atoms with Gasteiger partial charge in [0.15, 0.2) is 10.1 Å². The van der Waals surface area contributed by atoms with Crippen molar-refractivity contribution in [1.82, 2.24) is 0 Å². The van der Waals surface area contributed by atoms with E-state index in [2.05, 4.69) is 6.58 Å². The molecule has 31 heavy (non-hydrogen) atoms. The van der Waals surface area contributed by atoms with Crippen LogP contribution in [0.5, 0.6) is 0 Å². The Hall–Kier alpha value is -1.20. The van der Waals surface area contributed by atoms with Gasteiger partial charge in [-0.1, -0.05) is 32.8 Å². The predicted molar refractivity (Wildman–Crippen MR) is 105 cm³/mol. The number of hydrogen-bond acceptors (Lipinski definition) is 6. The number of halogens is 4. The van der Waals surface area contributed by atoms with Crippen molar-refractivity contribution >= 4 is 16.1 Å². The summed E-state index contributed by atoms with van der Waals surface area (Å²) in [5.41, 5.74) is -0.469. The number of carbonyl (C=O) groups is 1. The van der Waals surface area contributed by atoms with Crippen LogP contribution in [0.3, 0.4) is 0 Å². The summed E-state index contributed by atoms with van der Waals surface area (Å²) in [6.45, 7) is 5.24. The van der Waals surface area contributed by atoms with E-state index in [1.165, 1.54) is 6.42 Å². The molecule has 0 aromatic heterocycles. The molecule has 0 N–H and O–H groups in total. The van der Waals surface area contributed by atoms with Crippen LogP contribution >= 0.6 is 0 Å². The lowest BCUT2D eigenvalue weighted by Gasteiger charge is -2.34. The molecule has 0 atom stereocenters. The summed E-state index contributed by atoms with van der Waals surface area (Å²) in [4.78, 5) is 12.4. The fraction of sp³-hybridized carbons (Fsp3) is 0.850. The molecule has 0 amide bonds. The van der Waals surface area contributed by atoms with Crippen LogP contribution in [0, 0.1) is 0 Å². The Morgan fingerprint density at radius 3 is 2.13 bits per heavy atom. The maximum Gasteiger partial charge on any atom is 0.396 e. The Kier molecular flexibility index (Phi) is 10.4. The first-order valence-electron chi connectivity index (χ1n) is 10.5. The highest BCUT2D eigenvalue weighted by molar-refractivity contribution is 7.86. The summed E-state index contributed by atoms with van der Waals surface area (Å²) in [5, 5.41) is -5.68. The topological polar surface area (TPSA) is 92.7 Å². The van der Waals surface area contributed by atoms with Crippen LogP contribution in [0.2, 0.25) is 0 Å². The molecule has 0 saturated heterocycles. The first-order chi connectivity index (χ1) is 14.3. The first-order valence-corrected chi connectivity index (χ1v) is 11.9. The van der Waals surface area contributed by atoms with E-state index in [4.69, 9.17) is 9.47 Å². The van der Waals surface area contributed by atoms with Crippen molar-refractivity contribution in [2.75, 3.05) is 13.2 Å². The summed E-state index contributed by atoms with van der Waals surface area (Å²) < 4.78 is 94.7. The Morgan fingerprint density at radius 2 is 1.61 bits per heavy atom. The van der Waals surface area contributed by atoms with Gasteiger partial charge in [-0.3, -0.25) is 0 Å². The fourth-order valence-corrected chi connectivity index (χ4v) is 3.95. The van der Waals surface area contributed by atoms with E-state index in [9.17, 15) is 35.3 Å². The Bertz CT molecular complexity index is 700. The lowest BCUT2D eigenvalue weighted by Crippen LogP contribution is -2.46. The molecule has 6 nitrogen and oxygen atoms in total. The second kappa shape index (κ2) is 11.6. The van der Waals surface area contributed by atoms with E-state index in [-0.39, 0.29) is 25.2 Å². The summed E-state index contributed by atoms with van der Waals surface area (Å²) in [7, 11) is -6.48. The molecule has 0 unspecified atom stereocenters. The van der Waals surface area contributed by atoms with Gasteiger partial charge in [-0.25, -0.2) is 13.2 Å². The third-order valence-corrected chi connectivity index (χ3v) is 6.48. The van der Waals surface area contributed by atoms with Gasteiger partial charge in [0.2, 0.25) is 0 Å². The fourth-order valence-electron chi connectivity index (χ4n) is 3.48. The van der Waals surface area contributed by atoms with Gasteiger partial charge >= 0.3 is 17.1 Å². The lowest BCUT2D eigenvalue weighted by molar-refractivity contribution is -0.165. The van der Waals surface area contributed by atoms with Gasteiger partial charge < -0.3 is 14.0 Å². The zero-order valence-corrected chi connectivity index (χ0v) is 18.6. The van der Waals surface area contributed by atoms with Crippen molar-refractivity contribution in [3.63, 3.8) is 0 Å². The van der Waals surface area contributed by atoms with Gasteiger partial charge in [-0.2, -0.15) is 17.6 Å². The normalized spacial score (nSPS) is 18.1. The molecule has 1 aliphatic carbocycles. The van der Waals surface area contributed by atoms with Gasteiger partial charge in [0.25, 0.3) is 0 Å². The van der Waals surface area contributed by atoms with Gasteiger partial charge in [0.1, 0.15) is 5.60 Å². The predicted octanol–water partition coefficient (Wildman–Crippen LogP) is 4.94. The van der Waals surface area contributed by atoms with Crippen LogP contribution in [0.25, 0.3) is 0 Å². The van der Waals surface area contributed by atoms with Crippen LogP contribution < -0.4 is 0 Å². The highest BCUT2D eigenvalue weighted by Gasteiger charge is 2.60. The second-order valence-electron chi connectivity index (χ2n) is 7.98. The zero-order chi connectivity index (χ0) is 23.8. The summed E-state index contributed by atoms with van der Waals surface area (Å²) in [5.74, 6) is -5.57. The number of esters is 1. The molecule has 0 aliphatic heterocycles. The van der Waals surface area contributed by atoms with Crippen molar-refractivity contribution in [1.29, 1.82) is 0 Å². The number of carbonyl (C=O) groups excluding carboxylic acids is 1. The van der Waals surface area contributed by atoms with Crippen LogP contribution in [-0.4, -0.2) is 48.9 Å². The van der Waals surface area contributed by atoms with Gasteiger partial charge in [0.05, 0.1) is 12.2 Å². The standard InChI is InChI=1S/C20H32F4O6S/c1-3-18(11-7-5-4-6-8-12-18)30-17(25)16(2)15-29-14-10-9-13-19(21,22)20(23,24)31(26,27)28/h2-15H2,1H3,(H,26,27,28)/p-1. The molecule has 0 aromatic carbocycles. The molecular formula is C20H31F4O6S-.